The number of carbonyl (C=O) groups excluding carboxylic acids is 1. The summed E-state index contributed by atoms with van der Waals surface area (Å²) in [5.74, 6) is 2.89. The van der Waals surface area contributed by atoms with Crippen LogP contribution in [0.2, 0.25) is 5.15 Å². The highest BCUT2D eigenvalue weighted by molar-refractivity contribution is 6.29. The fourth-order valence-corrected chi connectivity index (χ4v) is 5.76. The number of amides is 1. The van der Waals surface area contributed by atoms with Gasteiger partial charge in [-0.2, -0.15) is 0 Å². The Morgan fingerprint density at radius 3 is 2.36 bits per heavy atom. The molecule has 0 unspecified atom stereocenters. The maximum absolute atomic E-state index is 12.1. The molecule has 1 N–H and O–H groups in total. The van der Waals surface area contributed by atoms with Gasteiger partial charge >= 0.3 is 0 Å². The summed E-state index contributed by atoms with van der Waals surface area (Å²) in [6.45, 7) is 0.785. The Morgan fingerprint density at radius 1 is 1.18 bits per heavy atom. The molecule has 1 amide bonds. The molecule has 1 aromatic rings. The van der Waals surface area contributed by atoms with E-state index in [4.69, 9.17) is 11.6 Å². The summed E-state index contributed by atoms with van der Waals surface area (Å²) in [5.41, 5.74) is 1.12. The predicted octanol–water partition coefficient (Wildman–Crippen LogP) is 4.07. The third-order valence-corrected chi connectivity index (χ3v) is 6.32. The monoisotopic (exact) mass is 318 g/mol. The van der Waals surface area contributed by atoms with Crippen molar-refractivity contribution < 1.29 is 4.79 Å². The second kappa shape index (κ2) is 5.52. The van der Waals surface area contributed by atoms with E-state index in [1.54, 1.807) is 18.3 Å². The molecule has 0 aromatic carbocycles. The van der Waals surface area contributed by atoms with Gasteiger partial charge in [-0.3, -0.25) is 4.79 Å². The summed E-state index contributed by atoms with van der Waals surface area (Å²) in [7, 11) is 0. The topological polar surface area (TPSA) is 42.0 Å². The molecule has 1 heterocycles. The quantitative estimate of drug-likeness (QED) is 0.850. The molecule has 118 valence electrons. The Labute approximate surface area is 136 Å². The van der Waals surface area contributed by atoms with Crippen LogP contribution in [0.1, 0.15) is 55.3 Å². The number of aromatic nitrogens is 1. The number of halogens is 1. The summed E-state index contributed by atoms with van der Waals surface area (Å²) in [4.78, 5) is 16.1. The zero-order valence-electron chi connectivity index (χ0n) is 12.9. The van der Waals surface area contributed by atoms with Crippen LogP contribution in [0.5, 0.6) is 0 Å². The normalized spacial score (nSPS) is 35.6. The first-order valence-electron chi connectivity index (χ1n) is 8.52. The third-order valence-electron chi connectivity index (χ3n) is 6.10. The van der Waals surface area contributed by atoms with Crippen LogP contribution in [0.4, 0.5) is 0 Å². The fraction of sp³-hybridized carbons (Fsp3) is 0.667. The average molecular weight is 319 g/mol. The van der Waals surface area contributed by atoms with Gasteiger partial charge in [0.2, 0.25) is 0 Å². The molecule has 22 heavy (non-hydrogen) atoms. The second-order valence-corrected chi connectivity index (χ2v) is 8.18. The molecule has 0 aliphatic heterocycles. The lowest BCUT2D eigenvalue weighted by molar-refractivity contribution is -0.0564. The third kappa shape index (κ3) is 2.76. The van der Waals surface area contributed by atoms with E-state index >= 15 is 0 Å². The van der Waals surface area contributed by atoms with Crippen molar-refractivity contribution in [2.24, 2.45) is 23.2 Å². The molecule has 4 saturated carbocycles. The van der Waals surface area contributed by atoms with E-state index in [-0.39, 0.29) is 5.91 Å². The van der Waals surface area contributed by atoms with Crippen molar-refractivity contribution in [2.45, 2.75) is 44.9 Å². The number of rotatable bonds is 4. The smallest absolute Gasteiger partial charge is 0.252 e. The molecular weight excluding hydrogens is 296 g/mol. The van der Waals surface area contributed by atoms with Gasteiger partial charge in [-0.15, -0.1) is 0 Å². The van der Waals surface area contributed by atoms with Gasteiger partial charge in [0.15, 0.2) is 0 Å². The zero-order chi connectivity index (χ0) is 15.2. The van der Waals surface area contributed by atoms with E-state index in [1.165, 1.54) is 38.5 Å². The minimum atomic E-state index is -0.0334. The molecule has 0 radical (unpaired) electrons. The molecule has 0 spiro atoms. The molecule has 0 saturated heterocycles. The van der Waals surface area contributed by atoms with Crippen LogP contribution >= 0.6 is 11.6 Å². The van der Waals surface area contributed by atoms with Gasteiger partial charge in [-0.25, -0.2) is 4.98 Å². The Bertz CT molecular complexity index is 534. The van der Waals surface area contributed by atoms with E-state index in [0.29, 0.717) is 16.1 Å². The van der Waals surface area contributed by atoms with Crippen molar-refractivity contribution in [2.75, 3.05) is 6.54 Å². The molecule has 4 aliphatic rings. The van der Waals surface area contributed by atoms with Crippen LogP contribution in [0.25, 0.3) is 0 Å². The number of pyridine rings is 1. The van der Waals surface area contributed by atoms with Gasteiger partial charge in [-0.1, -0.05) is 11.6 Å². The first-order chi connectivity index (χ1) is 10.6. The Hall–Kier alpha value is -1.09. The largest absolute Gasteiger partial charge is 0.352 e. The summed E-state index contributed by atoms with van der Waals surface area (Å²) in [5, 5.41) is 3.49. The van der Waals surface area contributed by atoms with Crippen LogP contribution in [0.15, 0.2) is 18.3 Å². The van der Waals surface area contributed by atoms with Crippen molar-refractivity contribution in [3.63, 3.8) is 0 Å². The molecule has 4 bridgehead atoms. The summed E-state index contributed by atoms with van der Waals surface area (Å²) in [6.07, 6.45) is 11.3. The SMILES string of the molecule is O=C(NCCC12CC3CC(CC(C3)C1)C2)c1ccc(Cl)nc1. The Kier molecular flexibility index (Phi) is 3.64. The number of nitrogens with zero attached hydrogens (tertiary/aromatic N) is 1. The fourth-order valence-electron chi connectivity index (χ4n) is 5.65. The highest BCUT2D eigenvalue weighted by Gasteiger charge is 2.50. The number of hydrogen-bond donors (Lipinski definition) is 1. The van der Waals surface area contributed by atoms with Gasteiger partial charge in [0.1, 0.15) is 5.15 Å². The van der Waals surface area contributed by atoms with E-state index in [2.05, 4.69) is 10.3 Å². The molecule has 3 nitrogen and oxygen atoms in total. The molecule has 4 aliphatic carbocycles. The van der Waals surface area contributed by atoms with Crippen LogP contribution in [-0.2, 0) is 0 Å². The minimum absolute atomic E-state index is 0.0334. The highest BCUT2D eigenvalue weighted by Crippen LogP contribution is 2.61. The van der Waals surface area contributed by atoms with Gasteiger partial charge in [0, 0.05) is 12.7 Å². The van der Waals surface area contributed by atoms with E-state index < -0.39 is 0 Å². The van der Waals surface area contributed by atoms with Crippen LogP contribution in [0, 0.1) is 23.2 Å². The lowest BCUT2D eigenvalue weighted by Gasteiger charge is -2.57. The van der Waals surface area contributed by atoms with Crippen molar-refractivity contribution in [3.8, 4) is 0 Å². The Balaban J connectivity index is 1.33. The maximum Gasteiger partial charge on any atom is 0.252 e. The van der Waals surface area contributed by atoms with Crippen molar-refractivity contribution in [3.05, 3.63) is 29.0 Å². The van der Waals surface area contributed by atoms with Gasteiger partial charge < -0.3 is 5.32 Å². The molecule has 0 atom stereocenters. The molecule has 1 aromatic heterocycles. The first kappa shape index (κ1) is 14.5. The molecule has 4 fully saturated rings. The first-order valence-corrected chi connectivity index (χ1v) is 8.89. The molecule has 4 heteroatoms. The van der Waals surface area contributed by atoms with Crippen molar-refractivity contribution >= 4 is 17.5 Å². The van der Waals surface area contributed by atoms with Crippen LogP contribution in [-0.4, -0.2) is 17.4 Å². The van der Waals surface area contributed by atoms with E-state index in [1.807, 2.05) is 0 Å². The van der Waals surface area contributed by atoms with Crippen molar-refractivity contribution in [1.29, 1.82) is 0 Å². The lowest BCUT2D eigenvalue weighted by Crippen LogP contribution is -2.47. The van der Waals surface area contributed by atoms with E-state index in [0.717, 1.165) is 30.7 Å². The van der Waals surface area contributed by atoms with Gasteiger partial charge in [0.05, 0.1) is 5.56 Å². The second-order valence-electron chi connectivity index (χ2n) is 7.79. The minimum Gasteiger partial charge on any atom is -0.352 e. The van der Waals surface area contributed by atoms with Crippen LogP contribution < -0.4 is 5.32 Å². The van der Waals surface area contributed by atoms with Gasteiger partial charge in [0.25, 0.3) is 5.91 Å². The molecule has 5 rings (SSSR count). The standard InChI is InChI=1S/C18H23ClN2O/c19-16-2-1-15(11-21-16)17(22)20-4-3-18-8-12-5-13(9-18)7-14(6-12)10-18/h1-2,11-14H,3-10H2,(H,20,22). The molecular formula is C18H23ClN2O. The summed E-state index contributed by atoms with van der Waals surface area (Å²) in [6, 6.07) is 3.39. The van der Waals surface area contributed by atoms with E-state index in [9.17, 15) is 4.79 Å². The number of nitrogens with one attached hydrogen (secondary N) is 1. The summed E-state index contributed by atoms with van der Waals surface area (Å²) >= 11 is 5.75. The zero-order valence-corrected chi connectivity index (χ0v) is 13.6. The van der Waals surface area contributed by atoms with Gasteiger partial charge in [-0.05, 0) is 80.2 Å². The average Bonchev–Trinajstić information content (AvgIpc) is 2.46. The number of carbonyl (C=O) groups is 1. The number of hydrogen-bond acceptors (Lipinski definition) is 2. The Morgan fingerprint density at radius 2 is 1.82 bits per heavy atom. The summed E-state index contributed by atoms with van der Waals surface area (Å²) < 4.78 is 0. The predicted molar refractivity (Wildman–Crippen MR) is 86.8 cm³/mol. The maximum atomic E-state index is 12.1. The van der Waals surface area contributed by atoms with Crippen molar-refractivity contribution in [1.82, 2.24) is 10.3 Å². The van der Waals surface area contributed by atoms with Crippen LogP contribution in [0.3, 0.4) is 0 Å². The highest BCUT2D eigenvalue weighted by atomic mass is 35.5. The lowest BCUT2D eigenvalue weighted by atomic mass is 9.49.